The third kappa shape index (κ3) is 2.24. The molecule has 1 aromatic carbocycles. The van der Waals surface area contributed by atoms with E-state index in [1.807, 2.05) is 19.1 Å². The van der Waals surface area contributed by atoms with Crippen molar-refractivity contribution < 1.29 is 5.11 Å². The lowest BCUT2D eigenvalue weighted by Crippen LogP contribution is -2.17. The minimum Gasteiger partial charge on any atom is -0.508 e. The Kier molecular flexibility index (Phi) is 2.49. The lowest BCUT2D eigenvalue weighted by molar-refractivity contribution is 0.465. The van der Waals surface area contributed by atoms with Gasteiger partial charge in [-0.15, -0.1) is 0 Å². The van der Waals surface area contributed by atoms with Crippen LogP contribution in [0.2, 0.25) is 0 Å². The predicted octanol–water partition coefficient (Wildman–Crippen LogP) is 1.28. The van der Waals surface area contributed by atoms with E-state index < -0.39 is 0 Å². The van der Waals surface area contributed by atoms with Gasteiger partial charge in [-0.1, -0.05) is 18.2 Å². The van der Waals surface area contributed by atoms with Gasteiger partial charge < -0.3 is 10.8 Å². The van der Waals surface area contributed by atoms with Gasteiger partial charge in [-0.25, -0.2) is 0 Å². The van der Waals surface area contributed by atoms with Gasteiger partial charge in [0.2, 0.25) is 0 Å². The summed E-state index contributed by atoms with van der Waals surface area (Å²) in [6.45, 7) is 1.92. The highest BCUT2D eigenvalue weighted by Crippen LogP contribution is 2.16. The molecule has 1 rings (SSSR count). The zero-order valence-corrected chi connectivity index (χ0v) is 6.62. The van der Waals surface area contributed by atoms with Gasteiger partial charge in [-0.3, -0.25) is 0 Å². The molecule has 0 saturated heterocycles. The second kappa shape index (κ2) is 3.39. The molecular weight excluding hydrogens is 138 g/mol. The fourth-order valence-corrected chi connectivity index (χ4v) is 1.03. The average molecular weight is 151 g/mol. The van der Waals surface area contributed by atoms with Crippen LogP contribution in [0.25, 0.3) is 0 Å². The molecule has 0 saturated carbocycles. The molecule has 1 atom stereocenters. The molecule has 0 spiro atoms. The van der Waals surface area contributed by atoms with E-state index in [-0.39, 0.29) is 6.04 Å². The summed E-state index contributed by atoms with van der Waals surface area (Å²) in [7, 11) is 0. The number of phenols is 1. The highest BCUT2D eigenvalue weighted by atomic mass is 16.3. The van der Waals surface area contributed by atoms with Crippen molar-refractivity contribution >= 4 is 0 Å². The maximum Gasteiger partial charge on any atom is 0.118 e. The number of nitrogens with two attached hydrogens (primary N) is 1. The van der Waals surface area contributed by atoms with Crippen LogP contribution in [-0.2, 0) is 6.42 Å². The first-order valence-corrected chi connectivity index (χ1v) is 3.72. The summed E-state index contributed by atoms with van der Waals surface area (Å²) in [6.07, 6.45) is 0.729. The van der Waals surface area contributed by atoms with Crippen LogP contribution in [0.3, 0.4) is 0 Å². The summed E-state index contributed by atoms with van der Waals surface area (Å²) < 4.78 is 0. The minimum atomic E-state index is 0.100. The minimum absolute atomic E-state index is 0.100. The Hall–Kier alpha value is -1.02. The van der Waals surface area contributed by atoms with Gasteiger partial charge in [0.1, 0.15) is 5.75 Å². The van der Waals surface area contributed by atoms with Gasteiger partial charge in [-0.2, -0.15) is 0 Å². The molecule has 60 valence electrons. The van der Waals surface area contributed by atoms with Crippen molar-refractivity contribution in [3.8, 4) is 5.75 Å². The monoisotopic (exact) mass is 151 g/mol. The second-order valence-corrected chi connectivity index (χ2v) is 2.81. The summed E-state index contributed by atoms with van der Waals surface area (Å²) in [5.74, 6) is 0.338. The van der Waals surface area contributed by atoms with Gasteiger partial charge in [0.05, 0.1) is 0 Å². The Balaban J connectivity index is 2.78. The molecule has 1 aromatic rings. The molecular formula is C9H13NO. The van der Waals surface area contributed by atoms with E-state index in [2.05, 4.69) is 0 Å². The van der Waals surface area contributed by atoms with Gasteiger partial charge in [0.25, 0.3) is 0 Å². The van der Waals surface area contributed by atoms with Gasteiger partial charge in [0.15, 0.2) is 0 Å². The Bertz CT molecular complexity index is 233. The van der Waals surface area contributed by atoms with Crippen LogP contribution >= 0.6 is 0 Å². The molecule has 0 aliphatic heterocycles. The number of para-hydroxylation sites is 1. The van der Waals surface area contributed by atoms with Crippen molar-refractivity contribution in [2.75, 3.05) is 0 Å². The highest BCUT2D eigenvalue weighted by molar-refractivity contribution is 5.32. The molecule has 0 fully saturated rings. The van der Waals surface area contributed by atoms with E-state index in [1.54, 1.807) is 12.1 Å². The quantitative estimate of drug-likeness (QED) is 0.668. The fourth-order valence-electron chi connectivity index (χ4n) is 1.03. The van der Waals surface area contributed by atoms with Crippen molar-refractivity contribution in [1.29, 1.82) is 0 Å². The Morgan fingerprint density at radius 1 is 1.45 bits per heavy atom. The number of phenolic OH excluding ortho intramolecular Hbond substituents is 1. The zero-order chi connectivity index (χ0) is 8.27. The van der Waals surface area contributed by atoms with Crippen LogP contribution < -0.4 is 5.73 Å². The lowest BCUT2D eigenvalue weighted by Gasteiger charge is -2.05. The average Bonchev–Trinajstić information content (AvgIpc) is 1.93. The first-order valence-electron chi connectivity index (χ1n) is 3.72. The molecule has 0 heterocycles. The molecule has 11 heavy (non-hydrogen) atoms. The largest absolute Gasteiger partial charge is 0.508 e. The van der Waals surface area contributed by atoms with Crippen molar-refractivity contribution in [2.45, 2.75) is 19.4 Å². The summed E-state index contributed by atoms with van der Waals surface area (Å²) in [5, 5.41) is 9.30. The van der Waals surface area contributed by atoms with E-state index in [1.165, 1.54) is 0 Å². The first kappa shape index (κ1) is 8.08. The molecule has 2 nitrogen and oxygen atoms in total. The Labute approximate surface area is 66.7 Å². The Morgan fingerprint density at radius 3 is 2.64 bits per heavy atom. The van der Waals surface area contributed by atoms with Crippen LogP contribution in [0, 0.1) is 0 Å². The smallest absolute Gasteiger partial charge is 0.118 e. The molecule has 0 aliphatic rings. The highest BCUT2D eigenvalue weighted by Gasteiger charge is 2.01. The third-order valence-corrected chi connectivity index (χ3v) is 1.53. The molecule has 0 aromatic heterocycles. The predicted molar refractivity (Wildman–Crippen MR) is 45.5 cm³/mol. The summed E-state index contributed by atoms with van der Waals surface area (Å²) >= 11 is 0. The van der Waals surface area contributed by atoms with Crippen molar-refractivity contribution in [2.24, 2.45) is 5.73 Å². The van der Waals surface area contributed by atoms with E-state index in [0.29, 0.717) is 5.75 Å². The molecule has 0 aliphatic carbocycles. The first-order chi connectivity index (χ1) is 5.20. The van der Waals surface area contributed by atoms with Crippen LogP contribution in [0.4, 0.5) is 0 Å². The molecule has 3 N–H and O–H groups in total. The maximum atomic E-state index is 9.30. The van der Waals surface area contributed by atoms with Crippen molar-refractivity contribution in [3.05, 3.63) is 29.8 Å². The lowest BCUT2D eigenvalue weighted by atomic mass is 10.1. The number of aromatic hydroxyl groups is 1. The van der Waals surface area contributed by atoms with Crippen LogP contribution in [0.15, 0.2) is 24.3 Å². The SMILES string of the molecule is C[C@@H](N)Cc1ccccc1O. The Morgan fingerprint density at radius 2 is 2.09 bits per heavy atom. The standard InChI is InChI=1S/C9H13NO/c1-7(10)6-8-4-2-3-5-9(8)11/h2-5,7,11H,6,10H2,1H3/t7-/m1/s1. The number of hydrogen-bond acceptors (Lipinski definition) is 2. The molecule has 0 amide bonds. The van der Waals surface area contributed by atoms with E-state index in [0.717, 1.165) is 12.0 Å². The normalized spacial score (nSPS) is 12.9. The number of benzene rings is 1. The van der Waals surface area contributed by atoms with E-state index >= 15 is 0 Å². The fraction of sp³-hybridized carbons (Fsp3) is 0.333. The van der Waals surface area contributed by atoms with Crippen LogP contribution in [-0.4, -0.2) is 11.1 Å². The molecule has 0 bridgehead atoms. The summed E-state index contributed by atoms with van der Waals surface area (Å²) in [5.41, 5.74) is 6.50. The topological polar surface area (TPSA) is 46.2 Å². The van der Waals surface area contributed by atoms with Crippen molar-refractivity contribution in [3.63, 3.8) is 0 Å². The third-order valence-electron chi connectivity index (χ3n) is 1.53. The molecule has 0 radical (unpaired) electrons. The summed E-state index contributed by atoms with van der Waals surface area (Å²) in [6, 6.07) is 7.37. The zero-order valence-electron chi connectivity index (χ0n) is 6.62. The van der Waals surface area contributed by atoms with Gasteiger partial charge in [0, 0.05) is 6.04 Å². The van der Waals surface area contributed by atoms with E-state index in [4.69, 9.17) is 5.73 Å². The van der Waals surface area contributed by atoms with Crippen molar-refractivity contribution in [1.82, 2.24) is 0 Å². The van der Waals surface area contributed by atoms with Crippen LogP contribution in [0.5, 0.6) is 5.75 Å². The van der Waals surface area contributed by atoms with E-state index in [9.17, 15) is 5.11 Å². The molecule has 0 unspecified atom stereocenters. The second-order valence-electron chi connectivity index (χ2n) is 2.81. The van der Waals surface area contributed by atoms with Gasteiger partial charge >= 0.3 is 0 Å². The maximum absolute atomic E-state index is 9.30. The number of rotatable bonds is 2. The summed E-state index contributed by atoms with van der Waals surface area (Å²) in [4.78, 5) is 0. The van der Waals surface area contributed by atoms with Gasteiger partial charge in [-0.05, 0) is 25.0 Å². The number of hydrogen-bond donors (Lipinski definition) is 2. The molecule has 2 heteroatoms. The van der Waals surface area contributed by atoms with Crippen LogP contribution in [0.1, 0.15) is 12.5 Å².